The molecule has 1 aliphatic heterocycles. The van der Waals surface area contributed by atoms with Gasteiger partial charge in [-0.15, -0.1) is 0 Å². The maximum Gasteiger partial charge on any atom is 0.274 e. The van der Waals surface area contributed by atoms with Gasteiger partial charge in [0.05, 0.1) is 23.4 Å². The van der Waals surface area contributed by atoms with E-state index in [1.807, 2.05) is 4.90 Å². The number of nitrogens with one attached hydrogen (secondary N) is 1. The number of nitrogens with zero attached hydrogens (tertiary/aromatic N) is 2. The van der Waals surface area contributed by atoms with Crippen LogP contribution in [0.25, 0.3) is 0 Å². The van der Waals surface area contributed by atoms with Crippen LogP contribution in [0.2, 0.25) is 5.02 Å². The number of anilines is 1. The van der Waals surface area contributed by atoms with Crippen molar-refractivity contribution in [1.29, 1.82) is 0 Å². The van der Waals surface area contributed by atoms with Crippen LogP contribution in [-0.2, 0) is 4.74 Å². The van der Waals surface area contributed by atoms with Gasteiger partial charge in [0.25, 0.3) is 5.91 Å². The highest BCUT2D eigenvalue weighted by Crippen LogP contribution is 2.24. The molecule has 2 heterocycles. The van der Waals surface area contributed by atoms with E-state index < -0.39 is 0 Å². The normalized spacial score (nSPS) is 18.7. The Hall–Kier alpha value is -1.33. The SMILES string of the molecule is CNc1cc(Cl)cnc1C(=O)N1CCCC1COC. The summed E-state index contributed by atoms with van der Waals surface area (Å²) >= 11 is 5.89. The molecule has 1 aromatic rings. The molecule has 5 nitrogen and oxygen atoms in total. The third kappa shape index (κ3) is 2.98. The van der Waals surface area contributed by atoms with Crippen molar-refractivity contribution in [2.75, 3.05) is 32.6 Å². The average molecular weight is 284 g/mol. The summed E-state index contributed by atoms with van der Waals surface area (Å²) in [6, 6.07) is 1.85. The lowest BCUT2D eigenvalue weighted by Crippen LogP contribution is -2.38. The van der Waals surface area contributed by atoms with E-state index in [2.05, 4.69) is 10.3 Å². The van der Waals surface area contributed by atoms with Crippen LogP contribution >= 0.6 is 11.6 Å². The van der Waals surface area contributed by atoms with Crippen molar-refractivity contribution in [2.45, 2.75) is 18.9 Å². The molecule has 1 fully saturated rings. The first kappa shape index (κ1) is 14.1. The van der Waals surface area contributed by atoms with Crippen molar-refractivity contribution in [3.05, 3.63) is 23.0 Å². The highest BCUT2D eigenvalue weighted by atomic mass is 35.5. The number of rotatable bonds is 4. The fraction of sp³-hybridized carbons (Fsp3) is 0.538. The standard InChI is InChI=1S/C13H18ClN3O2/c1-15-11-6-9(14)7-16-12(11)13(18)17-5-3-4-10(17)8-19-2/h6-7,10,15H,3-5,8H2,1-2H3. The second-order valence-electron chi connectivity index (χ2n) is 4.55. The van der Waals surface area contributed by atoms with Gasteiger partial charge in [-0.3, -0.25) is 4.79 Å². The highest BCUT2D eigenvalue weighted by Gasteiger charge is 2.31. The van der Waals surface area contributed by atoms with Gasteiger partial charge in [0.2, 0.25) is 0 Å². The number of hydrogen-bond acceptors (Lipinski definition) is 4. The summed E-state index contributed by atoms with van der Waals surface area (Å²) in [7, 11) is 3.40. The summed E-state index contributed by atoms with van der Waals surface area (Å²) in [5.74, 6) is -0.0689. The minimum Gasteiger partial charge on any atom is -0.386 e. The highest BCUT2D eigenvalue weighted by molar-refractivity contribution is 6.30. The van der Waals surface area contributed by atoms with Crippen molar-refractivity contribution in [3.8, 4) is 0 Å². The molecule has 0 bridgehead atoms. The molecule has 1 saturated heterocycles. The first-order valence-corrected chi connectivity index (χ1v) is 6.68. The van der Waals surface area contributed by atoms with Crippen molar-refractivity contribution < 1.29 is 9.53 Å². The largest absolute Gasteiger partial charge is 0.386 e. The lowest BCUT2D eigenvalue weighted by Gasteiger charge is -2.24. The molecule has 1 aliphatic rings. The van der Waals surface area contributed by atoms with Crippen LogP contribution in [0.15, 0.2) is 12.3 Å². The second kappa shape index (κ2) is 6.21. The molecule has 0 aliphatic carbocycles. The third-order valence-corrected chi connectivity index (χ3v) is 3.53. The van der Waals surface area contributed by atoms with Crippen molar-refractivity contribution in [2.24, 2.45) is 0 Å². The Morgan fingerprint density at radius 2 is 2.47 bits per heavy atom. The van der Waals surface area contributed by atoms with Gasteiger partial charge >= 0.3 is 0 Å². The van der Waals surface area contributed by atoms with Crippen LogP contribution in [0, 0.1) is 0 Å². The molecular weight excluding hydrogens is 266 g/mol. The summed E-state index contributed by atoms with van der Waals surface area (Å²) in [4.78, 5) is 18.5. The van der Waals surface area contributed by atoms with E-state index in [0.29, 0.717) is 23.0 Å². The maximum atomic E-state index is 12.5. The summed E-state index contributed by atoms with van der Waals surface area (Å²) in [5.41, 5.74) is 1.07. The van der Waals surface area contributed by atoms with Gasteiger partial charge in [-0.25, -0.2) is 4.98 Å². The van der Waals surface area contributed by atoms with Gasteiger partial charge in [-0.05, 0) is 18.9 Å². The topological polar surface area (TPSA) is 54.5 Å². The molecule has 1 unspecified atom stereocenters. The number of aromatic nitrogens is 1. The van der Waals surface area contributed by atoms with Gasteiger partial charge < -0.3 is 15.0 Å². The van der Waals surface area contributed by atoms with Crippen molar-refractivity contribution in [3.63, 3.8) is 0 Å². The monoisotopic (exact) mass is 283 g/mol. The number of likely N-dealkylation sites (tertiary alicyclic amines) is 1. The first-order valence-electron chi connectivity index (χ1n) is 6.30. The van der Waals surface area contributed by atoms with Gasteiger partial charge in [0.15, 0.2) is 5.69 Å². The van der Waals surface area contributed by atoms with E-state index in [4.69, 9.17) is 16.3 Å². The Balaban J connectivity index is 2.23. The Morgan fingerprint density at radius 3 is 3.16 bits per heavy atom. The Bertz CT molecular complexity index is 467. The van der Waals surface area contributed by atoms with Crippen LogP contribution in [0.4, 0.5) is 5.69 Å². The van der Waals surface area contributed by atoms with Gasteiger partial charge in [0.1, 0.15) is 0 Å². The van der Waals surface area contributed by atoms with Crippen molar-refractivity contribution in [1.82, 2.24) is 9.88 Å². The zero-order valence-corrected chi connectivity index (χ0v) is 11.9. The second-order valence-corrected chi connectivity index (χ2v) is 4.99. The molecule has 0 spiro atoms. The molecule has 6 heteroatoms. The van der Waals surface area contributed by atoms with Crippen LogP contribution < -0.4 is 5.32 Å². The Morgan fingerprint density at radius 1 is 1.68 bits per heavy atom. The fourth-order valence-corrected chi connectivity index (χ4v) is 2.56. The number of hydrogen-bond donors (Lipinski definition) is 1. The van der Waals surface area contributed by atoms with E-state index in [9.17, 15) is 4.79 Å². The fourth-order valence-electron chi connectivity index (χ4n) is 2.41. The number of ether oxygens (including phenoxy) is 1. The minimum atomic E-state index is -0.0689. The minimum absolute atomic E-state index is 0.0689. The molecule has 1 N–H and O–H groups in total. The van der Waals surface area contributed by atoms with E-state index in [1.165, 1.54) is 6.20 Å². The van der Waals surface area contributed by atoms with Crippen LogP contribution in [-0.4, -0.2) is 49.1 Å². The van der Waals surface area contributed by atoms with Gasteiger partial charge in [-0.1, -0.05) is 11.6 Å². The third-order valence-electron chi connectivity index (χ3n) is 3.32. The average Bonchev–Trinajstić information content (AvgIpc) is 2.86. The van der Waals surface area contributed by atoms with Crippen LogP contribution in [0.5, 0.6) is 0 Å². The van der Waals surface area contributed by atoms with E-state index in [0.717, 1.165) is 19.4 Å². The zero-order valence-electron chi connectivity index (χ0n) is 11.1. The first-order chi connectivity index (χ1) is 9.17. The maximum absolute atomic E-state index is 12.5. The van der Waals surface area contributed by atoms with E-state index in [-0.39, 0.29) is 11.9 Å². The number of methoxy groups -OCH3 is 1. The van der Waals surface area contributed by atoms with Gasteiger partial charge in [0, 0.05) is 26.9 Å². The lowest BCUT2D eigenvalue weighted by molar-refractivity contribution is 0.0626. The summed E-state index contributed by atoms with van der Waals surface area (Å²) in [5, 5.41) is 3.47. The number of pyridine rings is 1. The summed E-state index contributed by atoms with van der Waals surface area (Å²) < 4.78 is 5.17. The molecule has 104 valence electrons. The number of amides is 1. The van der Waals surface area contributed by atoms with E-state index in [1.54, 1.807) is 20.2 Å². The van der Waals surface area contributed by atoms with Crippen molar-refractivity contribution >= 4 is 23.2 Å². The predicted octanol–water partition coefficient (Wildman–Crippen LogP) is 2.03. The Kier molecular flexibility index (Phi) is 4.61. The molecule has 1 aromatic heterocycles. The molecule has 0 saturated carbocycles. The molecule has 0 radical (unpaired) electrons. The van der Waals surface area contributed by atoms with Crippen LogP contribution in [0.3, 0.4) is 0 Å². The lowest BCUT2D eigenvalue weighted by atomic mass is 10.2. The number of halogens is 1. The number of carbonyl (C=O) groups excluding carboxylic acids is 1. The summed E-state index contributed by atoms with van der Waals surface area (Å²) in [6.07, 6.45) is 3.47. The molecule has 2 rings (SSSR count). The Labute approximate surface area is 117 Å². The summed E-state index contributed by atoms with van der Waals surface area (Å²) in [6.45, 7) is 1.31. The molecule has 1 atom stereocenters. The number of carbonyl (C=O) groups is 1. The van der Waals surface area contributed by atoms with E-state index >= 15 is 0 Å². The zero-order chi connectivity index (χ0) is 13.8. The van der Waals surface area contributed by atoms with Gasteiger partial charge in [-0.2, -0.15) is 0 Å². The molecule has 19 heavy (non-hydrogen) atoms. The smallest absolute Gasteiger partial charge is 0.274 e. The quantitative estimate of drug-likeness (QED) is 0.919. The predicted molar refractivity (Wildman–Crippen MR) is 74.7 cm³/mol. The van der Waals surface area contributed by atoms with Crippen LogP contribution in [0.1, 0.15) is 23.3 Å². The molecule has 1 amide bonds. The molecule has 0 aromatic carbocycles. The molecular formula is C13H18ClN3O2.